The highest BCUT2D eigenvalue weighted by molar-refractivity contribution is 7.42. The van der Waals surface area contributed by atoms with E-state index in [1.165, 1.54) is 13.2 Å². The fourth-order valence-electron chi connectivity index (χ4n) is 3.91. The number of nitro benzene ring substituents is 1. The van der Waals surface area contributed by atoms with Crippen molar-refractivity contribution in [3.63, 3.8) is 0 Å². The van der Waals surface area contributed by atoms with Crippen LogP contribution in [-0.2, 0) is 27.1 Å². The SMILES string of the molecule is CC/C(Cl)=C(C)\C(=C(\Cl)NOC)c1noc(-c2cc(OP(OCc3ccccc3)OCc3ccccc3)c(O)c([N+](=O)[O-])c2)n1. The predicted octanol–water partition coefficient (Wildman–Crippen LogP) is 8.37. The minimum atomic E-state index is -2.17. The van der Waals surface area contributed by atoms with E-state index in [4.69, 9.17) is 46.1 Å². The van der Waals surface area contributed by atoms with Crippen molar-refractivity contribution in [1.29, 1.82) is 0 Å². The molecule has 15 heteroatoms. The second-order valence-corrected chi connectivity index (χ2v) is 11.2. The highest BCUT2D eigenvalue weighted by atomic mass is 35.5. The Morgan fingerprint density at radius 1 is 1.04 bits per heavy atom. The number of aromatic hydroxyl groups is 1. The summed E-state index contributed by atoms with van der Waals surface area (Å²) in [5, 5.41) is 27.3. The molecule has 0 atom stereocenters. The van der Waals surface area contributed by atoms with Crippen molar-refractivity contribution in [2.75, 3.05) is 7.11 Å². The average molecular weight is 675 g/mol. The number of hydrogen-bond donors (Lipinski definition) is 2. The van der Waals surface area contributed by atoms with Crippen LogP contribution in [0.1, 0.15) is 37.2 Å². The number of phenols is 1. The van der Waals surface area contributed by atoms with Crippen LogP contribution in [0.15, 0.2) is 93.1 Å². The molecule has 3 aromatic carbocycles. The normalized spacial score (nSPS) is 12.5. The van der Waals surface area contributed by atoms with E-state index >= 15 is 0 Å². The van der Waals surface area contributed by atoms with Gasteiger partial charge < -0.3 is 14.2 Å². The number of phenolic OH excluding ortho intramolecular Hbond substituents is 1. The number of allylic oxidation sites excluding steroid dienone is 3. The minimum Gasteiger partial charge on any atom is -0.500 e. The van der Waals surface area contributed by atoms with Gasteiger partial charge in [0, 0.05) is 11.1 Å². The Labute approximate surface area is 270 Å². The average Bonchev–Trinajstić information content (AvgIpc) is 3.53. The fraction of sp³-hybridized carbons (Fsp3) is 0.200. The number of nitro groups is 1. The molecule has 0 bridgehead atoms. The lowest BCUT2D eigenvalue weighted by molar-refractivity contribution is -0.385. The molecule has 0 unspecified atom stereocenters. The summed E-state index contributed by atoms with van der Waals surface area (Å²) in [5.41, 5.74) is 4.47. The van der Waals surface area contributed by atoms with Crippen molar-refractivity contribution in [3.05, 3.63) is 116 Å². The third-order valence-corrected chi connectivity index (χ3v) is 8.03. The highest BCUT2D eigenvalue weighted by Gasteiger charge is 2.28. The minimum absolute atomic E-state index is 0.0292. The monoisotopic (exact) mass is 674 g/mol. The molecule has 0 aliphatic heterocycles. The molecule has 1 heterocycles. The maximum atomic E-state index is 11.9. The molecule has 2 N–H and O–H groups in total. The molecule has 0 saturated carbocycles. The summed E-state index contributed by atoms with van der Waals surface area (Å²) in [4.78, 5) is 20.5. The molecule has 236 valence electrons. The van der Waals surface area contributed by atoms with Crippen LogP contribution in [0.4, 0.5) is 5.69 Å². The molecule has 0 amide bonds. The fourth-order valence-corrected chi connectivity index (χ4v) is 5.30. The van der Waals surface area contributed by atoms with E-state index in [2.05, 4.69) is 15.6 Å². The first kappa shape index (κ1) is 33.9. The van der Waals surface area contributed by atoms with Gasteiger partial charge in [-0.15, -0.1) is 0 Å². The molecule has 4 aromatic rings. The summed E-state index contributed by atoms with van der Waals surface area (Å²) >= 11 is 12.8. The zero-order valence-corrected chi connectivity index (χ0v) is 26.8. The summed E-state index contributed by atoms with van der Waals surface area (Å²) < 4.78 is 23.3. The Hall–Kier alpha value is -4.03. The molecule has 0 aliphatic carbocycles. The van der Waals surface area contributed by atoms with Crippen LogP contribution in [0.3, 0.4) is 0 Å². The summed E-state index contributed by atoms with van der Waals surface area (Å²) in [6.45, 7) is 3.83. The summed E-state index contributed by atoms with van der Waals surface area (Å²) in [6, 6.07) is 21.0. The first-order valence-corrected chi connectivity index (χ1v) is 15.3. The van der Waals surface area contributed by atoms with Gasteiger partial charge in [0.05, 0.1) is 36.4 Å². The van der Waals surface area contributed by atoms with Gasteiger partial charge in [0.15, 0.2) is 5.75 Å². The molecule has 0 aliphatic rings. The summed E-state index contributed by atoms with van der Waals surface area (Å²) in [6.07, 6.45) is 0.505. The van der Waals surface area contributed by atoms with Crippen molar-refractivity contribution in [3.8, 4) is 23.0 Å². The van der Waals surface area contributed by atoms with Gasteiger partial charge in [0.2, 0.25) is 11.6 Å². The highest BCUT2D eigenvalue weighted by Crippen LogP contribution is 2.49. The van der Waals surface area contributed by atoms with E-state index in [9.17, 15) is 15.2 Å². The van der Waals surface area contributed by atoms with Gasteiger partial charge in [-0.25, -0.2) is 0 Å². The van der Waals surface area contributed by atoms with Gasteiger partial charge in [-0.2, -0.15) is 4.98 Å². The molecule has 0 radical (unpaired) electrons. The molecule has 1 aromatic heterocycles. The van der Waals surface area contributed by atoms with Gasteiger partial charge in [0.25, 0.3) is 5.89 Å². The Morgan fingerprint density at radius 2 is 1.64 bits per heavy atom. The van der Waals surface area contributed by atoms with Crippen LogP contribution in [0.25, 0.3) is 17.0 Å². The number of rotatable bonds is 15. The number of hydrogen-bond acceptors (Lipinski definition) is 11. The lowest BCUT2D eigenvalue weighted by Crippen LogP contribution is -2.10. The van der Waals surface area contributed by atoms with E-state index in [1.54, 1.807) is 6.92 Å². The molecular formula is C30H29Cl2N4O8P. The number of benzene rings is 3. The lowest BCUT2D eigenvalue weighted by Gasteiger charge is -2.18. The molecule has 12 nitrogen and oxygen atoms in total. The topological polar surface area (TPSA) is 151 Å². The van der Waals surface area contributed by atoms with Gasteiger partial charge in [-0.1, -0.05) is 95.9 Å². The smallest absolute Gasteiger partial charge is 0.398 e. The number of hydroxylamine groups is 1. The van der Waals surface area contributed by atoms with Crippen molar-refractivity contribution >= 4 is 43.1 Å². The van der Waals surface area contributed by atoms with E-state index in [-0.39, 0.29) is 47.0 Å². The van der Waals surface area contributed by atoms with Crippen molar-refractivity contribution in [2.45, 2.75) is 33.5 Å². The Bertz CT molecular complexity index is 1630. The first-order chi connectivity index (χ1) is 21.7. The van der Waals surface area contributed by atoms with Crippen LogP contribution in [0.2, 0.25) is 0 Å². The largest absolute Gasteiger partial charge is 0.500 e. The lowest BCUT2D eigenvalue weighted by atomic mass is 10.1. The Morgan fingerprint density at radius 3 is 2.18 bits per heavy atom. The molecule has 0 saturated heterocycles. The van der Waals surface area contributed by atoms with Gasteiger partial charge in [-0.3, -0.25) is 29.5 Å². The number of nitrogens with zero attached hydrogens (tertiary/aromatic N) is 3. The molecule has 0 fully saturated rings. The second kappa shape index (κ2) is 16.3. The van der Waals surface area contributed by atoms with Gasteiger partial charge in [0.1, 0.15) is 5.16 Å². The summed E-state index contributed by atoms with van der Waals surface area (Å²) in [7, 11) is -0.790. The number of nitrogens with one attached hydrogen (secondary N) is 1. The molecule has 0 spiro atoms. The van der Waals surface area contributed by atoms with Crippen LogP contribution >= 0.6 is 31.8 Å². The van der Waals surface area contributed by atoms with Crippen molar-refractivity contribution in [2.24, 2.45) is 0 Å². The van der Waals surface area contributed by atoms with Crippen molar-refractivity contribution < 1.29 is 33.0 Å². The zero-order chi connectivity index (χ0) is 32.3. The third kappa shape index (κ3) is 9.01. The Balaban J connectivity index is 1.70. The summed E-state index contributed by atoms with van der Waals surface area (Å²) in [5.74, 6) is -1.12. The standard InChI is InChI=1S/C30H29Cl2N4O8P/c1-4-23(31)19(2)26(28(32)34-40-3)29-33-30(43-35-29)22-15-24(36(38)39)27(37)25(16-22)44-45(41-17-20-11-7-5-8-12-20)42-18-21-13-9-6-10-14-21/h5-16,34,37H,4,17-18H2,1-3H3/b23-19+,28-26+. The van der Waals surface area contributed by atoms with Crippen LogP contribution < -0.4 is 10.0 Å². The van der Waals surface area contributed by atoms with Gasteiger partial charge >= 0.3 is 14.3 Å². The molecule has 45 heavy (non-hydrogen) atoms. The third-order valence-electron chi connectivity index (χ3n) is 6.18. The molecule has 4 rings (SSSR count). The van der Waals surface area contributed by atoms with E-state index in [0.717, 1.165) is 17.2 Å². The molecular weight excluding hydrogens is 646 g/mol. The first-order valence-electron chi connectivity index (χ1n) is 13.4. The number of halogens is 2. The van der Waals surface area contributed by atoms with E-state index in [0.29, 0.717) is 17.0 Å². The maximum absolute atomic E-state index is 11.9. The van der Waals surface area contributed by atoms with E-state index in [1.807, 2.05) is 67.6 Å². The zero-order valence-electron chi connectivity index (χ0n) is 24.4. The second-order valence-electron chi connectivity index (χ2n) is 9.23. The van der Waals surface area contributed by atoms with E-state index < -0.39 is 25.0 Å². The van der Waals surface area contributed by atoms with Crippen LogP contribution in [0.5, 0.6) is 11.5 Å². The quantitative estimate of drug-likeness (QED) is 0.0411. The predicted molar refractivity (Wildman–Crippen MR) is 170 cm³/mol. The van der Waals surface area contributed by atoms with Crippen molar-refractivity contribution in [1.82, 2.24) is 15.6 Å². The Kier molecular flexibility index (Phi) is 12.3. The van der Waals surface area contributed by atoms with Crippen LogP contribution in [-0.4, -0.2) is 27.3 Å². The maximum Gasteiger partial charge on any atom is 0.398 e. The van der Waals surface area contributed by atoms with Crippen LogP contribution in [0, 0.1) is 10.1 Å². The van der Waals surface area contributed by atoms with Gasteiger partial charge in [-0.05, 0) is 36.1 Å². The number of aromatic nitrogens is 2.